The first-order valence-electron chi connectivity index (χ1n) is 5.12. The fourth-order valence-corrected chi connectivity index (χ4v) is 2.09. The minimum Gasteiger partial charge on any atom is -0.496 e. The number of ether oxygens (including phenoxy) is 1. The van der Waals surface area contributed by atoms with E-state index in [1.54, 1.807) is 14.0 Å². The molecule has 2 rings (SSSR count). The van der Waals surface area contributed by atoms with Gasteiger partial charge in [0.15, 0.2) is 0 Å². The number of hydrogen-bond donors (Lipinski definition) is 1. The van der Waals surface area contributed by atoms with Crippen LogP contribution in [-0.2, 0) is 11.2 Å². The Morgan fingerprint density at radius 1 is 1.60 bits per heavy atom. The van der Waals surface area contributed by atoms with Gasteiger partial charge in [0.1, 0.15) is 11.5 Å². The van der Waals surface area contributed by atoms with Crippen molar-refractivity contribution in [2.24, 2.45) is 0 Å². The number of fused-ring (bicyclic) bond motifs is 1. The Morgan fingerprint density at radius 2 is 2.40 bits per heavy atom. The second-order valence-corrected chi connectivity index (χ2v) is 3.94. The quantitative estimate of drug-likeness (QED) is 0.820. The predicted molar refractivity (Wildman–Crippen MR) is 59.4 cm³/mol. The Kier molecular flexibility index (Phi) is 2.62. The molecule has 0 spiro atoms. The first-order valence-corrected chi connectivity index (χ1v) is 5.12. The van der Waals surface area contributed by atoms with E-state index in [2.05, 4.69) is 5.32 Å². The number of methoxy groups -OCH3 is 1. The topological polar surface area (TPSA) is 38.3 Å². The van der Waals surface area contributed by atoms with Crippen molar-refractivity contribution in [2.45, 2.75) is 25.8 Å². The number of nitrogens with one attached hydrogen (secondary N) is 1. The fourth-order valence-electron chi connectivity index (χ4n) is 2.09. The Hall–Kier alpha value is -1.51. The third kappa shape index (κ3) is 1.96. The molecule has 0 amide bonds. The average Bonchev–Trinajstić information content (AvgIpc) is 2.58. The maximum atomic E-state index is 11.0. The van der Waals surface area contributed by atoms with Gasteiger partial charge < -0.3 is 10.1 Å². The van der Waals surface area contributed by atoms with E-state index in [0.717, 1.165) is 17.9 Å². The third-order valence-electron chi connectivity index (χ3n) is 2.70. The van der Waals surface area contributed by atoms with Crippen LogP contribution in [-0.4, -0.2) is 18.9 Å². The highest BCUT2D eigenvalue weighted by Crippen LogP contribution is 2.34. The van der Waals surface area contributed by atoms with Crippen molar-refractivity contribution >= 4 is 11.5 Å². The number of benzene rings is 1. The first-order chi connectivity index (χ1) is 7.20. The van der Waals surface area contributed by atoms with Gasteiger partial charge in [-0.2, -0.15) is 0 Å². The summed E-state index contributed by atoms with van der Waals surface area (Å²) in [5.41, 5.74) is 2.28. The molecule has 3 nitrogen and oxygen atoms in total. The Balaban J connectivity index is 2.19. The normalized spacial score (nSPS) is 18.1. The second-order valence-electron chi connectivity index (χ2n) is 3.94. The van der Waals surface area contributed by atoms with Gasteiger partial charge in [-0.3, -0.25) is 4.79 Å². The number of carbonyl (C=O) groups is 1. The standard InChI is InChI=1S/C12H15NO2/c1-8(14)6-9-7-10-11(13-9)4-3-5-12(10)15-2/h3-5,9,13H,6-7H2,1-2H3. The predicted octanol–water partition coefficient (Wildman–Crippen LogP) is 2.01. The van der Waals surface area contributed by atoms with Crippen LogP contribution >= 0.6 is 0 Å². The highest BCUT2D eigenvalue weighted by Gasteiger charge is 2.24. The van der Waals surface area contributed by atoms with E-state index in [-0.39, 0.29) is 11.8 Å². The van der Waals surface area contributed by atoms with E-state index >= 15 is 0 Å². The number of carbonyl (C=O) groups excluding carboxylic acids is 1. The molecule has 1 N–H and O–H groups in total. The molecule has 1 aromatic carbocycles. The van der Waals surface area contributed by atoms with Crippen LogP contribution in [0.5, 0.6) is 5.75 Å². The van der Waals surface area contributed by atoms with E-state index in [1.165, 1.54) is 5.56 Å². The highest BCUT2D eigenvalue weighted by molar-refractivity contribution is 5.77. The van der Waals surface area contributed by atoms with Crippen LogP contribution in [0.4, 0.5) is 5.69 Å². The Morgan fingerprint density at radius 3 is 3.07 bits per heavy atom. The van der Waals surface area contributed by atoms with Crippen molar-refractivity contribution in [1.82, 2.24) is 0 Å². The summed E-state index contributed by atoms with van der Waals surface area (Å²) in [5, 5.41) is 3.34. The van der Waals surface area contributed by atoms with Crippen LogP contribution in [0.2, 0.25) is 0 Å². The van der Waals surface area contributed by atoms with E-state index in [9.17, 15) is 4.79 Å². The largest absolute Gasteiger partial charge is 0.496 e. The van der Waals surface area contributed by atoms with Gasteiger partial charge in [-0.1, -0.05) is 6.07 Å². The van der Waals surface area contributed by atoms with Gasteiger partial charge in [0.05, 0.1) is 7.11 Å². The average molecular weight is 205 g/mol. The maximum Gasteiger partial charge on any atom is 0.131 e. The number of hydrogen-bond acceptors (Lipinski definition) is 3. The second kappa shape index (κ2) is 3.93. The zero-order valence-electron chi connectivity index (χ0n) is 9.04. The zero-order chi connectivity index (χ0) is 10.8. The molecular formula is C12H15NO2. The number of anilines is 1. The molecule has 0 saturated heterocycles. The molecule has 0 bridgehead atoms. The van der Waals surface area contributed by atoms with Crippen LogP contribution in [0, 0.1) is 0 Å². The minimum absolute atomic E-state index is 0.222. The van der Waals surface area contributed by atoms with Gasteiger partial charge in [-0.25, -0.2) is 0 Å². The van der Waals surface area contributed by atoms with Crippen molar-refractivity contribution in [2.75, 3.05) is 12.4 Å². The van der Waals surface area contributed by atoms with Gasteiger partial charge in [0.2, 0.25) is 0 Å². The van der Waals surface area contributed by atoms with Crippen molar-refractivity contribution in [3.8, 4) is 5.75 Å². The summed E-state index contributed by atoms with van der Waals surface area (Å²) in [6.07, 6.45) is 1.46. The number of Topliss-reactive ketones (excluding diaryl/α,β-unsaturated/α-hetero) is 1. The van der Waals surface area contributed by atoms with Crippen molar-refractivity contribution in [3.63, 3.8) is 0 Å². The molecule has 1 aromatic rings. The number of ketones is 1. The molecule has 0 saturated carbocycles. The summed E-state index contributed by atoms with van der Waals surface area (Å²) in [5.74, 6) is 1.13. The van der Waals surface area contributed by atoms with Gasteiger partial charge in [0, 0.05) is 23.7 Å². The SMILES string of the molecule is COc1cccc2c1CC(CC(C)=O)N2. The molecule has 3 heteroatoms. The molecule has 0 aromatic heterocycles. The summed E-state index contributed by atoms with van der Waals surface area (Å²) in [6.45, 7) is 1.63. The monoisotopic (exact) mass is 205 g/mol. The minimum atomic E-state index is 0.222. The summed E-state index contributed by atoms with van der Waals surface area (Å²) in [6, 6.07) is 6.17. The smallest absolute Gasteiger partial charge is 0.131 e. The van der Waals surface area contributed by atoms with Crippen molar-refractivity contribution in [3.05, 3.63) is 23.8 Å². The third-order valence-corrected chi connectivity index (χ3v) is 2.70. The Bertz CT molecular complexity index is 387. The van der Waals surface area contributed by atoms with Crippen molar-refractivity contribution < 1.29 is 9.53 Å². The van der Waals surface area contributed by atoms with Crippen LogP contribution in [0.1, 0.15) is 18.9 Å². The summed E-state index contributed by atoms with van der Waals surface area (Å²) in [7, 11) is 1.67. The lowest BCUT2D eigenvalue weighted by molar-refractivity contribution is -0.117. The molecule has 15 heavy (non-hydrogen) atoms. The van der Waals surface area contributed by atoms with Gasteiger partial charge in [-0.15, -0.1) is 0 Å². The molecule has 0 radical (unpaired) electrons. The van der Waals surface area contributed by atoms with E-state index < -0.39 is 0 Å². The molecule has 0 aliphatic carbocycles. The molecule has 1 unspecified atom stereocenters. The van der Waals surface area contributed by atoms with Crippen LogP contribution < -0.4 is 10.1 Å². The van der Waals surface area contributed by atoms with E-state index in [4.69, 9.17) is 4.74 Å². The molecule has 80 valence electrons. The van der Waals surface area contributed by atoms with Gasteiger partial charge in [-0.05, 0) is 25.5 Å². The molecule has 1 atom stereocenters. The first kappa shape index (κ1) is 10.0. The maximum absolute atomic E-state index is 11.0. The molecule has 1 aliphatic rings. The van der Waals surface area contributed by atoms with Crippen LogP contribution in [0.25, 0.3) is 0 Å². The molecular weight excluding hydrogens is 190 g/mol. The lowest BCUT2D eigenvalue weighted by atomic mass is 10.1. The molecule has 1 heterocycles. The highest BCUT2D eigenvalue weighted by atomic mass is 16.5. The van der Waals surface area contributed by atoms with Gasteiger partial charge >= 0.3 is 0 Å². The van der Waals surface area contributed by atoms with Crippen molar-refractivity contribution in [1.29, 1.82) is 0 Å². The van der Waals surface area contributed by atoms with Crippen LogP contribution in [0.3, 0.4) is 0 Å². The van der Waals surface area contributed by atoms with E-state index in [1.807, 2.05) is 18.2 Å². The lowest BCUT2D eigenvalue weighted by Gasteiger charge is -2.07. The summed E-state index contributed by atoms with van der Waals surface area (Å²) < 4.78 is 5.29. The van der Waals surface area contributed by atoms with Crippen LogP contribution in [0.15, 0.2) is 18.2 Å². The number of rotatable bonds is 3. The lowest BCUT2D eigenvalue weighted by Crippen LogP contribution is -2.18. The van der Waals surface area contributed by atoms with E-state index in [0.29, 0.717) is 6.42 Å². The fraction of sp³-hybridized carbons (Fsp3) is 0.417. The Labute approximate surface area is 89.4 Å². The zero-order valence-corrected chi connectivity index (χ0v) is 9.04. The van der Waals surface area contributed by atoms with Gasteiger partial charge in [0.25, 0.3) is 0 Å². The molecule has 1 aliphatic heterocycles. The summed E-state index contributed by atoms with van der Waals surface area (Å²) in [4.78, 5) is 11.0. The summed E-state index contributed by atoms with van der Waals surface area (Å²) >= 11 is 0. The molecule has 0 fully saturated rings.